The van der Waals surface area contributed by atoms with Gasteiger partial charge < -0.3 is 5.11 Å². The molecule has 0 atom stereocenters. The highest BCUT2D eigenvalue weighted by atomic mass is 35.5. The first-order valence-corrected chi connectivity index (χ1v) is 8.38. The van der Waals surface area contributed by atoms with E-state index in [1.165, 1.54) is 12.5 Å². The molecule has 0 radical (unpaired) electrons. The zero-order valence-electron chi connectivity index (χ0n) is 10.9. The lowest BCUT2D eigenvalue weighted by Crippen LogP contribution is -2.28. The second kappa shape index (κ2) is 6.39. The van der Waals surface area contributed by atoms with Gasteiger partial charge >= 0.3 is 0 Å². The number of aliphatic hydroxyl groups is 1. The van der Waals surface area contributed by atoms with E-state index in [0.29, 0.717) is 5.92 Å². The molecule has 2 N–H and O–H groups in total. The van der Waals surface area contributed by atoms with E-state index in [0.717, 1.165) is 25.3 Å². The quantitative estimate of drug-likeness (QED) is 0.845. The Kier molecular flexibility index (Phi) is 5.01. The number of hydrogen-bond donors (Lipinski definition) is 2. The molecule has 7 heteroatoms. The fraction of sp³-hybridized carbons (Fsp3) is 0.538. The van der Waals surface area contributed by atoms with Gasteiger partial charge in [0.25, 0.3) is 0 Å². The summed E-state index contributed by atoms with van der Waals surface area (Å²) in [6, 6.07) is 2.27. The van der Waals surface area contributed by atoms with Crippen LogP contribution in [0.5, 0.6) is 0 Å². The molecule has 2 rings (SSSR count). The van der Waals surface area contributed by atoms with Gasteiger partial charge in [-0.25, -0.2) is 17.5 Å². The van der Waals surface area contributed by atoms with E-state index in [-0.39, 0.29) is 17.1 Å². The maximum Gasteiger partial charge on any atom is 0.243 e. The average Bonchev–Trinajstić information content (AvgIpc) is 2.34. The Morgan fingerprint density at radius 2 is 2.10 bits per heavy atom. The van der Waals surface area contributed by atoms with Crippen LogP contribution in [-0.2, 0) is 16.6 Å². The van der Waals surface area contributed by atoms with E-state index >= 15 is 0 Å². The van der Waals surface area contributed by atoms with Crippen molar-refractivity contribution in [1.82, 2.24) is 4.72 Å². The third kappa shape index (κ3) is 3.49. The number of hydrogen-bond acceptors (Lipinski definition) is 3. The lowest BCUT2D eigenvalue weighted by Gasteiger charge is -2.25. The van der Waals surface area contributed by atoms with Crippen LogP contribution in [0.4, 0.5) is 4.39 Å². The van der Waals surface area contributed by atoms with Gasteiger partial charge in [0, 0.05) is 17.1 Å². The molecule has 0 spiro atoms. The van der Waals surface area contributed by atoms with E-state index in [9.17, 15) is 12.8 Å². The Morgan fingerprint density at radius 1 is 1.40 bits per heavy atom. The first-order chi connectivity index (χ1) is 9.44. The Balaban J connectivity index is 2.13. The summed E-state index contributed by atoms with van der Waals surface area (Å²) in [5.41, 5.74) is -0.128. The fourth-order valence-electron chi connectivity index (χ4n) is 2.19. The molecule has 112 valence electrons. The molecule has 0 unspecified atom stereocenters. The maximum absolute atomic E-state index is 14.0. The van der Waals surface area contributed by atoms with Gasteiger partial charge in [-0.3, -0.25) is 0 Å². The number of nitrogens with one attached hydrogen (secondary N) is 1. The Labute approximate surface area is 123 Å². The fourth-order valence-corrected chi connectivity index (χ4v) is 3.68. The van der Waals surface area contributed by atoms with Crippen molar-refractivity contribution in [3.63, 3.8) is 0 Å². The van der Waals surface area contributed by atoms with Crippen LogP contribution >= 0.6 is 11.6 Å². The molecule has 20 heavy (non-hydrogen) atoms. The molecule has 0 bridgehead atoms. The highest BCUT2D eigenvalue weighted by Gasteiger charge is 2.23. The molecule has 1 aliphatic rings. The SMILES string of the molecule is O=S(=O)(NCCC1CCC1)c1cc(Cl)cc(CO)c1F. The van der Waals surface area contributed by atoms with Crippen molar-refractivity contribution in [3.05, 3.63) is 28.5 Å². The Morgan fingerprint density at radius 3 is 2.65 bits per heavy atom. The summed E-state index contributed by atoms with van der Waals surface area (Å²) in [7, 11) is -3.95. The minimum Gasteiger partial charge on any atom is -0.392 e. The van der Waals surface area contributed by atoms with E-state index in [1.54, 1.807) is 0 Å². The lowest BCUT2D eigenvalue weighted by molar-refractivity contribution is 0.274. The van der Waals surface area contributed by atoms with Gasteiger partial charge in [-0.1, -0.05) is 30.9 Å². The molecule has 1 aromatic rings. The van der Waals surface area contributed by atoms with Crippen molar-refractivity contribution in [2.75, 3.05) is 6.54 Å². The second-order valence-corrected chi connectivity index (χ2v) is 7.19. The first-order valence-electron chi connectivity index (χ1n) is 6.52. The Bertz CT molecular complexity index is 588. The summed E-state index contributed by atoms with van der Waals surface area (Å²) in [5.74, 6) is -0.386. The zero-order valence-corrected chi connectivity index (χ0v) is 12.5. The molecule has 1 aromatic carbocycles. The van der Waals surface area contributed by atoms with Crippen LogP contribution in [0.15, 0.2) is 17.0 Å². The topological polar surface area (TPSA) is 66.4 Å². The second-order valence-electron chi connectivity index (χ2n) is 5.02. The van der Waals surface area contributed by atoms with Gasteiger partial charge in [0.2, 0.25) is 10.0 Å². The van der Waals surface area contributed by atoms with Crippen molar-refractivity contribution in [2.45, 2.75) is 37.2 Å². The molecule has 4 nitrogen and oxygen atoms in total. The average molecular weight is 322 g/mol. The predicted octanol–water partition coefficient (Wildman–Crippen LogP) is 2.44. The summed E-state index contributed by atoms with van der Waals surface area (Å²) >= 11 is 5.75. The smallest absolute Gasteiger partial charge is 0.243 e. The number of aliphatic hydroxyl groups excluding tert-OH is 1. The van der Waals surface area contributed by atoms with Crippen molar-refractivity contribution >= 4 is 21.6 Å². The summed E-state index contributed by atoms with van der Waals surface area (Å²) < 4.78 is 40.5. The number of halogens is 2. The molecule has 1 aliphatic carbocycles. The first kappa shape index (κ1) is 15.7. The van der Waals surface area contributed by atoms with Crippen LogP contribution in [0.3, 0.4) is 0 Å². The normalized spacial score (nSPS) is 16.1. The molecular weight excluding hydrogens is 305 g/mol. The van der Waals surface area contributed by atoms with Crippen LogP contribution in [0.25, 0.3) is 0 Å². The summed E-state index contributed by atoms with van der Waals surface area (Å²) in [6.45, 7) is -0.315. The van der Waals surface area contributed by atoms with Gasteiger partial charge in [-0.05, 0) is 24.5 Å². The van der Waals surface area contributed by atoms with Crippen LogP contribution in [0, 0.1) is 11.7 Å². The molecule has 0 aliphatic heterocycles. The summed E-state index contributed by atoms with van der Waals surface area (Å²) in [4.78, 5) is -0.511. The molecule has 0 heterocycles. The molecule has 1 saturated carbocycles. The summed E-state index contributed by atoms with van der Waals surface area (Å²) in [5, 5.41) is 9.09. The van der Waals surface area contributed by atoms with E-state index < -0.39 is 27.3 Å². The highest BCUT2D eigenvalue weighted by molar-refractivity contribution is 7.89. The number of benzene rings is 1. The highest BCUT2D eigenvalue weighted by Crippen LogP contribution is 2.29. The van der Waals surface area contributed by atoms with Gasteiger partial charge in [-0.15, -0.1) is 0 Å². The van der Waals surface area contributed by atoms with Gasteiger partial charge in [0.15, 0.2) is 0 Å². The van der Waals surface area contributed by atoms with E-state index in [4.69, 9.17) is 16.7 Å². The predicted molar refractivity (Wildman–Crippen MR) is 74.5 cm³/mol. The molecule has 0 amide bonds. The van der Waals surface area contributed by atoms with E-state index in [2.05, 4.69) is 4.72 Å². The largest absolute Gasteiger partial charge is 0.392 e. The van der Waals surface area contributed by atoms with Crippen molar-refractivity contribution in [2.24, 2.45) is 5.92 Å². The van der Waals surface area contributed by atoms with Gasteiger partial charge in [-0.2, -0.15) is 0 Å². The minimum atomic E-state index is -3.95. The number of rotatable bonds is 6. The summed E-state index contributed by atoms with van der Waals surface area (Å²) in [6.07, 6.45) is 4.21. The minimum absolute atomic E-state index is 0.0785. The monoisotopic (exact) mass is 321 g/mol. The van der Waals surface area contributed by atoms with Crippen molar-refractivity contribution in [3.8, 4) is 0 Å². The molecule has 0 aromatic heterocycles. The zero-order chi connectivity index (χ0) is 14.8. The standard InChI is InChI=1S/C13H17ClFNO3S/c14-11-6-10(8-17)13(15)12(7-11)20(18,19)16-5-4-9-2-1-3-9/h6-7,9,16-17H,1-5,8H2. The molecular formula is C13H17ClFNO3S. The van der Waals surface area contributed by atoms with Gasteiger partial charge in [0.1, 0.15) is 10.7 Å². The number of sulfonamides is 1. The van der Waals surface area contributed by atoms with Crippen LogP contribution in [-0.4, -0.2) is 20.1 Å². The Hall–Kier alpha value is -0.690. The van der Waals surface area contributed by atoms with Gasteiger partial charge in [0.05, 0.1) is 6.61 Å². The third-order valence-corrected chi connectivity index (χ3v) is 5.29. The molecule has 1 fully saturated rings. The van der Waals surface area contributed by atoms with Crippen LogP contribution in [0.2, 0.25) is 5.02 Å². The van der Waals surface area contributed by atoms with Crippen molar-refractivity contribution in [1.29, 1.82) is 0 Å². The van der Waals surface area contributed by atoms with E-state index in [1.807, 2.05) is 0 Å². The van der Waals surface area contributed by atoms with Crippen LogP contribution < -0.4 is 4.72 Å². The molecule has 0 saturated heterocycles. The van der Waals surface area contributed by atoms with Crippen molar-refractivity contribution < 1.29 is 17.9 Å². The van der Waals surface area contributed by atoms with Crippen LogP contribution in [0.1, 0.15) is 31.2 Å². The maximum atomic E-state index is 14.0. The third-order valence-electron chi connectivity index (χ3n) is 3.61. The lowest BCUT2D eigenvalue weighted by atomic mass is 9.83.